The van der Waals surface area contributed by atoms with E-state index in [1.54, 1.807) is 11.3 Å². The lowest BCUT2D eigenvalue weighted by Crippen LogP contribution is -2.49. The Morgan fingerprint density at radius 1 is 1.11 bits per heavy atom. The number of hydrogen-bond donors (Lipinski definition) is 0. The summed E-state index contributed by atoms with van der Waals surface area (Å²) in [5.41, 5.74) is 1.38. The fourth-order valence-electron chi connectivity index (χ4n) is 5.54. The number of piperazine rings is 1. The van der Waals surface area contributed by atoms with Gasteiger partial charge in [-0.05, 0) is 48.9 Å². The van der Waals surface area contributed by atoms with E-state index in [1.165, 1.54) is 32.9 Å². The third kappa shape index (κ3) is 4.99. The van der Waals surface area contributed by atoms with E-state index in [0.717, 1.165) is 73.5 Å². The smallest absolute Gasteiger partial charge is 0.243 e. The number of aryl methyl sites for hydroxylation is 1. The Kier molecular flexibility index (Phi) is 6.91. The number of thiophene rings is 1. The molecule has 3 aromatic rings. The minimum absolute atomic E-state index is 0.000743. The van der Waals surface area contributed by atoms with E-state index in [-0.39, 0.29) is 4.90 Å². The second-order valence-corrected chi connectivity index (χ2v) is 13.3. The summed E-state index contributed by atoms with van der Waals surface area (Å²) < 4.78 is 47.0. The molecule has 3 aliphatic rings. The van der Waals surface area contributed by atoms with Crippen molar-refractivity contribution in [2.75, 3.05) is 57.4 Å². The molecule has 0 saturated carbocycles. The van der Waals surface area contributed by atoms with Crippen molar-refractivity contribution in [3.05, 3.63) is 46.3 Å². The monoisotopic (exact) mass is 545 g/mol. The lowest BCUT2D eigenvalue weighted by atomic mass is 9.89. The van der Waals surface area contributed by atoms with Crippen LogP contribution in [0.5, 0.6) is 0 Å². The molecule has 2 saturated heterocycles. The third-order valence-electron chi connectivity index (χ3n) is 7.62. The highest BCUT2D eigenvalue weighted by molar-refractivity contribution is 7.89. The molecule has 1 aromatic carbocycles. The van der Waals surface area contributed by atoms with Crippen LogP contribution in [0.25, 0.3) is 10.2 Å². The quantitative estimate of drug-likeness (QED) is 0.487. The van der Waals surface area contributed by atoms with Gasteiger partial charge in [0, 0.05) is 44.1 Å². The Hall–Kier alpha value is -2.18. The van der Waals surface area contributed by atoms with Gasteiger partial charge in [-0.2, -0.15) is 4.31 Å². The Morgan fingerprint density at radius 3 is 2.65 bits per heavy atom. The summed E-state index contributed by atoms with van der Waals surface area (Å²) >= 11 is 1.80. The van der Waals surface area contributed by atoms with Crippen LogP contribution in [0.2, 0.25) is 0 Å². The molecule has 0 spiro atoms. The first kappa shape index (κ1) is 25.1. The molecule has 1 atom stereocenters. The second kappa shape index (κ2) is 10.2. The molecule has 2 aromatic heterocycles. The first-order chi connectivity index (χ1) is 17.9. The molecule has 2 fully saturated rings. The van der Waals surface area contributed by atoms with Crippen molar-refractivity contribution < 1.29 is 17.5 Å². The Morgan fingerprint density at radius 2 is 1.89 bits per heavy atom. The van der Waals surface area contributed by atoms with Gasteiger partial charge in [-0.3, -0.25) is 4.90 Å². The van der Waals surface area contributed by atoms with Crippen LogP contribution in [-0.2, 0) is 34.1 Å². The van der Waals surface area contributed by atoms with Gasteiger partial charge < -0.3 is 9.64 Å². The molecule has 0 bridgehead atoms. The average Bonchev–Trinajstić information content (AvgIpc) is 3.26. The normalized spacial score (nSPS) is 21.9. The minimum Gasteiger partial charge on any atom is -0.379 e. The number of benzene rings is 1. The number of aromatic nitrogens is 2. The molecule has 0 amide bonds. The van der Waals surface area contributed by atoms with Crippen LogP contribution >= 0.6 is 11.3 Å². The summed E-state index contributed by atoms with van der Waals surface area (Å²) in [7, 11) is -3.75. The van der Waals surface area contributed by atoms with Crippen LogP contribution in [0.3, 0.4) is 0 Å². The standard InChI is InChI=1S/C26H32FN5O3S2/c1-18-5-6-21-22(15-18)36-26-24(21)25(28-23(29-26)17-30-11-13-35-14-12-30)31-7-9-32(10-8-31)37(33,34)20-4-2-3-19(27)16-20/h2-4,16,18H,5-15,17H2,1H3/t18-/m0/s1. The lowest BCUT2D eigenvalue weighted by Gasteiger charge is -2.35. The molecule has 37 heavy (non-hydrogen) atoms. The van der Waals surface area contributed by atoms with Crippen LogP contribution in [-0.4, -0.2) is 80.1 Å². The fraction of sp³-hybridized carbons (Fsp3) is 0.538. The number of anilines is 1. The van der Waals surface area contributed by atoms with Crippen molar-refractivity contribution in [3.8, 4) is 0 Å². The number of nitrogens with zero attached hydrogens (tertiary/aromatic N) is 5. The van der Waals surface area contributed by atoms with Crippen molar-refractivity contribution in [2.24, 2.45) is 5.92 Å². The van der Waals surface area contributed by atoms with E-state index >= 15 is 0 Å². The zero-order valence-corrected chi connectivity index (χ0v) is 22.7. The summed E-state index contributed by atoms with van der Waals surface area (Å²) in [5.74, 6) is 1.86. The predicted molar refractivity (Wildman–Crippen MR) is 142 cm³/mol. The minimum atomic E-state index is -3.75. The zero-order valence-electron chi connectivity index (χ0n) is 21.0. The molecule has 0 radical (unpaired) electrons. The summed E-state index contributed by atoms with van der Waals surface area (Å²) in [5, 5.41) is 1.15. The molecular formula is C26H32FN5O3S2. The molecule has 6 rings (SSSR count). The molecule has 8 nitrogen and oxygen atoms in total. The van der Waals surface area contributed by atoms with Crippen molar-refractivity contribution in [3.63, 3.8) is 0 Å². The van der Waals surface area contributed by atoms with Gasteiger partial charge in [0.15, 0.2) is 0 Å². The number of hydrogen-bond acceptors (Lipinski definition) is 8. The SMILES string of the molecule is C[C@H]1CCc2c(sc3nc(CN4CCOCC4)nc(N4CCN(S(=O)(=O)c5cccc(F)c5)CC4)c23)C1. The fourth-order valence-corrected chi connectivity index (χ4v) is 8.39. The van der Waals surface area contributed by atoms with Gasteiger partial charge in [0.2, 0.25) is 10.0 Å². The van der Waals surface area contributed by atoms with Crippen LogP contribution < -0.4 is 4.90 Å². The summed E-state index contributed by atoms with van der Waals surface area (Å²) in [6.07, 6.45) is 3.27. The van der Waals surface area contributed by atoms with Gasteiger partial charge in [-0.1, -0.05) is 13.0 Å². The Labute approximate surface area is 221 Å². The van der Waals surface area contributed by atoms with Gasteiger partial charge in [0.25, 0.3) is 0 Å². The van der Waals surface area contributed by atoms with E-state index in [0.29, 0.717) is 38.6 Å². The highest BCUT2D eigenvalue weighted by Crippen LogP contribution is 2.41. The van der Waals surface area contributed by atoms with Crippen LogP contribution in [0, 0.1) is 11.7 Å². The van der Waals surface area contributed by atoms with Gasteiger partial charge in [0.1, 0.15) is 22.3 Å². The zero-order chi connectivity index (χ0) is 25.6. The van der Waals surface area contributed by atoms with Crippen LogP contribution in [0.1, 0.15) is 29.6 Å². The molecule has 1 aliphatic carbocycles. The molecule has 11 heteroatoms. The Bertz CT molecular complexity index is 1400. The number of ether oxygens (including phenoxy) is 1. The molecule has 2 aliphatic heterocycles. The summed E-state index contributed by atoms with van der Waals surface area (Å²) in [6.45, 7) is 7.87. The summed E-state index contributed by atoms with van der Waals surface area (Å²) in [6, 6.07) is 5.24. The number of sulfonamides is 1. The topological polar surface area (TPSA) is 78.9 Å². The second-order valence-electron chi connectivity index (χ2n) is 10.2. The molecular weight excluding hydrogens is 513 g/mol. The average molecular weight is 546 g/mol. The highest BCUT2D eigenvalue weighted by atomic mass is 32.2. The van der Waals surface area contributed by atoms with Crippen LogP contribution in [0.15, 0.2) is 29.2 Å². The van der Waals surface area contributed by atoms with Crippen molar-refractivity contribution in [1.29, 1.82) is 0 Å². The van der Waals surface area contributed by atoms with Crippen molar-refractivity contribution in [2.45, 2.75) is 37.6 Å². The molecule has 0 N–H and O–H groups in total. The highest BCUT2D eigenvalue weighted by Gasteiger charge is 2.32. The summed E-state index contributed by atoms with van der Waals surface area (Å²) in [4.78, 5) is 17.1. The van der Waals surface area contributed by atoms with Gasteiger partial charge in [-0.15, -0.1) is 11.3 Å². The molecule has 4 heterocycles. The number of fused-ring (bicyclic) bond motifs is 3. The van der Waals surface area contributed by atoms with E-state index in [4.69, 9.17) is 14.7 Å². The largest absolute Gasteiger partial charge is 0.379 e. The predicted octanol–water partition coefficient (Wildman–Crippen LogP) is 3.30. The maximum absolute atomic E-state index is 13.7. The van der Waals surface area contributed by atoms with E-state index < -0.39 is 15.8 Å². The van der Waals surface area contributed by atoms with E-state index in [2.05, 4.69) is 16.7 Å². The van der Waals surface area contributed by atoms with Gasteiger partial charge in [0.05, 0.1) is 30.0 Å². The maximum atomic E-state index is 13.7. The first-order valence-electron chi connectivity index (χ1n) is 13.0. The van der Waals surface area contributed by atoms with Crippen molar-refractivity contribution >= 4 is 37.4 Å². The number of halogens is 1. The third-order valence-corrected chi connectivity index (χ3v) is 10.7. The molecule has 198 valence electrons. The number of morpholine rings is 1. The van der Waals surface area contributed by atoms with E-state index in [9.17, 15) is 12.8 Å². The Balaban J connectivity index is 1.30. The number of rotatable bonds is 5. The van der Waals surface area contributed by atoms with Gasteiger partial charge in [-0.25, -0.2) is 22.8 Å². The van der Waals surface area contributed by atoms with Crippen LogP contribution in [0.4, 0.5) is 10.2 Å². The van der Waals surface area contributed by atoms with E-state index in [1.807, 2.05) is 0 Å². The maximum Gasteiger partial charge on any atom is 0.243 e. The van der Waals surface area contributed by atoms with Crippen molar-refractivity contribution in [1.82, 2.24) is 19.2 Å². The lowest BCUT2D eigenvalue weighted by molar-refractivity contribution is 0.0331. The first-order valence-corrected chi connectivity index (χ1v) is 15.3. The molecule has 0 unspecified atom stereocenters. The van der Waals surface area contributed by atoms with Gasteiger partial charge >= 0.3 is 0 Å².